The van der Waals surface area contributed by atoms with E-state index in [4.69, 9.17) is 11.6 Å². The molecule has 1 aliphatic heterocycles. The van der Waals surface area contributed by atoms with Crippen molar-refractivity contribution in [3.63, 3.8) is 0 Å². The summed E-state index contributed by atoms with van der Waals surface area (Å²) in [6, 6.07) is 7.94. The van der Waals surface area contributed by atoms with E-state index in [1.807, 2.05) is 18.2 Å². The van der Waals surface area contributed by atoms with Crippen LogP contribution in [0.25, 0.3) is 0 Å². The Morgan fingerprint density at radius 3 is 2.78 bits per heavy atom. The van der Waals surface area contributed by atoms with E-state index in [2.05, 4.69) is 16.3 Å². The minimum Gasteiger partial charge on any atom is -0.393 e. The standard InChI is InChI=1S/C18H25ClN2O2/c19-15-2-1-3-16(10-15)21-9-8-13(12-21)11-20-18(23)14-4-6-17(22)7-5-14/h1-3,10,13-14,17,22H,4-9,11-12H2,(H,20,23). The van der Waals surface area contributed by atoms with Crippen LogP contribution in [0.4, 0.5) is 5.69 Å². The number of rotatable bonds is 4. The molecule has 1 aromatic carbocycles. The second-order valence-corrected chi connectivity index (χ2v) is 7.27. The molecule has 1 atom stereocenters. The van der Waals surface area contributed by atoms with Crippen molar-refractivity contribution in [3.05, 3.63) is 29.3 Å². The van der Waals surface area contributed by atoms with Crippen molar-refractivity contribution in [2.75, 3.05) is 24.5 Å². The Kier molecular flexibility index (Phi) is 5.44. The smallest absolute Gasteiger partial charge is 0.223 e. The van der Waals surface area contributed by atoms with E-state index in [1.165, 1.54) is 0 Å². The van der Waals surface area contributed by atoms with Crippen LogP contribution in [0.3, 0.4) is 0 Å². The van der Waals surface area contributed by atoms with Gasteiger partial charge >= 0.3 is 0 Å². The average Bonchev–Trinajstić information content (AvgIpc) is 3.02. The number of benzene rings is 1. The lowest BCUT2D eigenvalue weighted by Gasteiger charge is -2.25. The third kappa shape index (κ3) is 4.39. The Morgan fingerprint density at radius 1 is 1.26 bits per heavy atom. The number of nitrogens with one attached hydrogen (secondary N) is 1. The maximum atomic E-state index is 12.2. The first-order valence-corrected chi connectivity index (χ1v) is 8.96. The fourth-order valence-electron chi connectivity index (χ4n) is 3.63. The van der Waals surface area contributed by atoms with E-state index in [0.29, 0.717) is 5.92 Å². The number of aliphatic hydroxyl groups is 1. The van der Waals surface area contributed by atoms with Gasteiger partial charge in [0.05, 0.1) is 6.10 Å². The van der Waals surface area contributed by atoms with Crippen LogP contribution in [0.15, 0.2) is 24.3 Å². The van der Waals surface area contributed by atoms with Gasteiger partial charge in [0.15, 0.2) is 0 Å². The van der Waals surface area contributed by atoms with Crippen LogP contribution in [0.5, 0.6) is 0 Å². The molecule has 3 rings (SSSR count). The lowest BCUT2D eigenvalue weighted by atomic mass is 9.87. The van der Waals surface area contributed by atoms with Crippen molar-refractivity contribution in [1.29, 1.82) is 0 Å². The summed E-state index contributed by atoms with van der Waals surface area (Å²) in [5.74, 6) is 0.744. The molecule has 1 amide bonds. The summed E-state index contributed by atoms with van der Waals surface area (Å²) < 4.78 is 0. The highest BCUT2D eigenvalue weighted by molar-refractivity contribution is 6.30. The van der Waals surface area contributed by atoms with Gasteiger partial charge in [-0.3, -0.25) is 4.79 Å². The number of hydrogen-bond acceptors (Lipinski definition) is 3. The molecule has 1 saturated heterocycles. The van der Waals surface area contributed by atoms with Crippen molar-refractivity contribution in [1.82, 2.24) is 5.32 Å². The first-order chi connectivity index (χ1) is 11.1. The summed E-state index contributed by atoms with van der Waals surface area (Å²) in [6.07, 6.45) is 4.02. The Balaban J connectivity index is 1.44. The molecule has 5 heteroatoms. The second-order valence-electron chi connectivity index (χ2n) is 6.83. The van der Waals surface area contributed by atoms with Crippen LogP contribution >= 0.6 is 11.6 Å². The average molecular weight is 337 g/mol. The predicted molar refractivity (Wildman–Crippen MR) is 92.7 cm³/mol. The van der Waals surface area contributed by atoms with Crippen LogP contribution in [0, 0.1) is 11.8 Å². The third-order valence-corrected chi connectivity index (χ3v) is 5.33. The molecule has 1 aliphatic carbocycles. The summed E-state index contributed by atoms with van der Waals surface area (Å²) in [5, 5.41) is 13.4. The number of hydrogen-bond donors (Lipinski definition) is 2. The Labute approximate surface area is 142 Å². The highest BCUT2D eigenvalue weighted by Gasteiger charge is 2.27. The molecule has 126 valence electrons. The maximum absolute atomic E-state index is 12.2. The van der Waals surface area contributed by atoms with Gasteiger partial charge in [-0.2, -0.15) is 0 Å². The van der Waals surface area contributed by atoms with Gasteiger partial charge in [-0.1, -0.05) is 17.7 Å². The lowest BCUT2D eigenvalue weighted by Crippen LogP contribution is -2.37. The molecular formula is C18H25ClN2O2. The van der Waals surface area contributed by atoms with Crippen molar-refractivity contribution in [3.8, 4) is 0 Å². The summed E-state index contributed by atoms with van der Waals surface area (Å²) >= 11 is 6.06. The molecule has 23 heavy (non-hydrogen) atoms. The van der Waals surface area contributed by atoms with Crippen molar-refractivity contribution < 1.29 is 9.90 Å². The van der Waals surface area contributed by atoms with E-state index in [9.17, 15) is 9.90 Å². The summed E-state index contributed by atoms with van der Waals surface area (Å²) in [6.45, 7) is 2.72. The number of amides is 1. The molecule has 2 aliphatic rings. The van der Waals surface area contributed by atoms with Crippen LogP contribution in [0.2, 0.25) is 5.02 Å². The van der Waals surface area contributed by atoms with E-state index >= 15 is 0 Å². The molecule has 1 heterocycles. The number of anilines is 1. The number of carbonyl (C=O) groups excluding carboxylic acids is 1. The number of nitrogens with zero attached hydrogens (tertiary/aromatic N) is 1. The van der Waals surface area contributed by atoms with Gasteiger partial charge in [-0.15, -0.1) is 0 Å². The van der Waals surface area contributed by atoms with Crippen LogP contribution < -0.4 is 10.2 Å². The lowest BCUT2D eigenvalue weighted by molar-refractivity contribution is -0.126. The zero-order valence-corrected chi connectivity index (χ0v) is 14.1. The highest BCUT2D eigenvalue weighted by Crippen LogP contribution is 2.27. The molecule has 2 fully saturated rings. The fraction of sp³-hybridized carbons (Fsp3) is 0.611. The Bertz CT molecular complexity index is 544. The predicted octanol–water partition coefficient (Wildman–Crippen LogP) is 2.83. The first kappa shape index (κ1) is 16.6. The van der Waals surface area contributed by atoms with Gasteiger partial charge in [-0.05, 0) is 56.2 Å². The largest absolute Gasteiger partial charge is 0.393 e. The molecular weight excluding hydrogens is 312 g/mol. The minimum absolute atomic E-state index is 0.0869. The molecule has 1 unspecified atom stereocenters. The highest BCUT2D eigenvalue weighted by atomic mass is 35.5. The third-order valence-electron chi connectivity index (χ3n) is 5.09. The zero-order chi connectivity index (χ0) is 16.2. The maximum Gasteiger partial charge on any atom is 0.223 e. The van der Waals surface area contributed by atoms with Crippen molar-refractivity contribution in [2.45, 2.75) is 38.2 Å². The fourth-order valence-corrected chi connectivity index (χ4v) is 3.82. The van der Waals surface area contributed by atoms with Gasteiger partial charge in [0.1, 0.15) is 0 Å². The molecule has 0 aromatic heterocycles. The van der Waals surface area contributed by atoms with Gasteiger partial charge in [0.2, 0.25) is 5.91 Å². The van der Waals surface area contributed by atoms with E-state index in [1.54, 1.807) is 0 Å². The van der Waals surface area contributed by atoms with Gasteiger partial charge in [-0.25, -0.2) is 0 Å². The summed E-state index contributed by atoms with van der Waals surface area (Å²) in [4.78, 5) is 14.6. The SMILES string of the molecule is O=C(NCC1CCN(c2cccc(Cl)c2)C1)C1CCC(O)CC1. The molecule has 0 bridgehead atoms. The molecule has 2 N–H and O–H groups in total. The molecule has 0 spiro atoms. The molecule has 0 radical (unpaired) electrons. The topological polar surface area (TPSA) is 52.6 Å². The second kappa shape index (κ2) is 7.54. The summed E-state index contributed by atoms with van der Waals surface area (Å²) in [5.41, 5.74) is 1.16. The first-order valence-electron chi connectivity index (χ1n) is 8.58. The van der Waals surface area contributed by atoms with Gasteiger partial charge < -0.3 is 15.3 Å². The number of aliphatic hydroxyl groups excluding tert-OH is 1. The van der Waals surface area contributed by atoms with Crippen LogP contribution in [0.1, 0.15) is 32.1 Å². The van der Waals surface area contributed by atoms with Gasteiger partial charge in [0, 0.05) is 36.3 Å². The molecule has 1 aromatic rings. The Morgan fingerprint density at radius 2 is 2.04 bits per heavy atom. The molecule has 1 saturated carbocycles. The zero-order valence-electron chi connectivity index (χ0n) is 13.4. The quantitative estimate of drug-likeness (QED) is 0.889. The van der Waals surface area contributed by atoms with E-state index in [-0.39, 0.29) is 17.9 Å². The van der Waals surface area contributed by atoms with E-state index in [0.717, 1.165) is 62.4 Å². The monoisotopic (exact) mass is 336 g/mol. The molecule has 4 nitrogen and oxygen atoms in total. The normalized spacial score (nSPS) is 27.9. The van der Waals surface area contributed by atoms with Crippen molar-refractivity contribution >= 4 is 23.2 Å². The van der Waals surface area contributed by atoms with Gasteiger partial charge in [0.25, 0.3) is 0 Å². The Hall–Kier alpha value is -1.26. The van der Waals surface area contributed by atoms with E-state index < -0.39 is 0 Å². The minimum atomic E-state index is -0.208. The summed E-state index contributed by atoms with van der Waals surface area (Å²) in [7, 11) is 0. The van der Waals surface area contributed by atoms with Crippen molar-refractivity contribution in [2.24, 2.45) is 11.8 Å². The number of halogens is 1. The van der Waals surface area contributed by atoms with Crippen LogP contribution in [-0.2, 0) is 4.79 Å². The van der Waals surface area contributed by atoms with Crippen LogP contribution in [-0.4, -0.2) is 36.8 Å². The number of carbonyl (C=O) groups is 1.